The van der Waals surface area contributed by atoms with Gasteiger partial charge < -0.3 is 9.52 Å². The van der Waals surface area contributed by atoms with Crippen LogP contribution in [-0.2, 0) is 10.0 Å². The lowest BCUT2D eigenvalue weighted by molar-refractivity contribution is 0.0699. The Hall–Kier alpha value is -4.31. The van der Waals surface area contributed by atoms with Crippen molar-refractivity contribution in [2.75, 3.05) is 11.0 Å². The average Bonchev–Trinajstić information content (AvgIpc) is 3.22. The minimum Gasteiger partial charge on any atom is -0.478 e. The van der Waals surface area contributed by atoms with Gasteiger partial charge in [-0.25, -0.2) is 27.6 Å². The minimum absolute atomic E-state index is 0.0225. The van der Waals surface area contributed by atoms with Gasteiger partial charge in [0.15, 0.2) is 5.58 Å². The first-order chi connectivity index (χ1) is 16.2. The lowest BCUT2D eigenvalue weighted by Gasteiger charge is -2.09. The number of nitrogens with zero attached hydrogens (tertiary/aromatic N) is 2. The highest BCUT2D eigenvalue weighted by molar-refractivity contribution is 7.92. The van der Waals surface area contributed by atoms with Gasteiger partial charge in [0.05, 0.1) is 28.4 Å². The highest BCUT2D eigenvalue weighted by atomic mass is 32.2. The van der Waals surface area contributed by atoms with Crippen molar-refractivity contribution in [3.8, 4) is 22.7 Å². The molecule has 2 heterocycles. The zero-order valence-electron chi connectivity index (χ0n) is 17.6. The summed E-state index contributed by atoms with van der Waals surface area (Å²) in [7, 11) is -3.42. The standard InChI is InChI=1S/C24H16FN3O5S/c1-34(31,32)28-16-8-4-13(5-9-16)20-12-17(24(29)30)21-18(26-20)10-11-19-22(21)33-23(27-19)14-2-6-15(25)7-3-14/h2-12,28H,1H3,(H,29,30). The third-order valence-electron chi connectivity index (χ3n) is 5.13. The van der Waals surface area contributed by atoms with E-state index in [4.69, 9.17) is 4.42 Å². The van der Waals surface area contributed by atoms with Crippen LogP contribution in [0.25, 0.3) is 44.7 Å². The molecule has 0 radical (unpaired) electrons. The number of halogens is 1. The summed E-state index contributed by atoms with van der Waals surface area (Å²) in [6, 6.07) is 16.8. The molecule has 0 unspecified atom stereocenters. The lowest BCUT2D eigenvalue weighted by Crippen LogP contribution is -2.09. The first kappa shape index (κ1) is 21.5. The van der Waals surface area contributed by atoms with E-state index in [-0.39, 0.29) is 17.0 Å². The van der Waals surface area contributed by atoms with Crippen LogP contribution in [0, 0.1) is 5.82 Å². The highest BCUT2D eigenvalue weighted by Gasteiger charge is 2.20. The van der Waals surface area contributed by atoms with E-state index >= 15 is 0 Å². The Morgan fingerprint density at radius 1 is 0.941 bits per heavy atom. The molecular weight excluding hydrogens is 461 g/mol. The summed E-state index contributed by atoms with van der Waals surface area (Å²) in [6.07, 6.45) is 1.05. The smallest absolute Gasteiger partial charge is 0.336 e. The van der Waals surface area contributed by atoms with Gasteiger partial charge >= 0.3 is 5.97 Å². The van der Waals surface area contributed by atoms with Gasteiger partial charge in [0.25, 0.3) is 0 Å². The first-order valence-corrected chi connectivity index (χ1v) is 11.9. The van der Waals surface area contributed by atoms with Crippen molar-refractivity contribution < 1.29 is 27.1 Å². The normalized spacial score (nSPS) is 11.7. The highest BCUT2D eigenvalue weighted by Crippen LogP contribution is 2.34. The van der Waals surface area contributed by atoms with Crippen LogP contribution in [0.2, 0.25) is 0 Å². The number of hydrogen-bond donors (Lipinski definition) is 2. The molecule has 10 heteroatoms. The van der Waals surface area contributed by atoms with E-state index in [9.17, 15) is 22.7 Å². The maximum atomic E-state index is 13.3. The summed E-state index contributed by atoms with van der Waals surface area (Å²) in [5, 5.41) is 10.2. The molecule has 0 aliphatic heterocycles. The Balaban J connectivity index is 1.65. The van der Waals surface area contributed by atoms with Crippen LogP contribution in [-0.4, -0.2) is 35.7 Å². The molecular formula is C24H16FN3O5S. The molecule has 0 aliphatic rings. The number of fused-ring (bicyclic) bond motifs is 3. The van der Waals surface area contributed by atoms with Gasteiger partial charge in [0.2, 0.25) is 15.9 Å². The second-order valence-corrected chi connectivity index (χ2v) is 9.39. The van der Waals surface area contributed by atoms with E-state index in [1.54, 1.807) is 36.4 Å². The topological polar surface area (TPSA) is 122 Å². The van der Waals surface area contributed by atoms with Crippen LogP contribution >= 0.6 is 0 Å². The Bertz CT molecular complexity index is 1680. The molecule has 0 saturated carbocycles. The van der Waals surface area contributed by atoms with Crippen LogP contribution in [0.5, 0.6) is 0 Å². The first-order valence-electron chi connectivity index (χ1n) is 10.00. The monoisotopic (exact) mass is 477 g/mol. The molecule has 2 aromatic heterocycles. The molecule has 2 N–H and O–H groups in total. The van der Waals surface area contributed by atoms with Crippen LogP contribution in [0.3, 0.4) is 0 Å². The third-order valence-corrected chi connectivity index (χ3v) is 5.74. The largest absolute Gasteiger partial charge is 0.478 e. The number of carboxylic acid groups (broad SMARTS) is 1. The number of oxazole rings is 1. The van der Waals surface area contributed by atoms with Gasteiger partial charge in [0.1, 0.15) is 11.3 Å². The fourth-order valence-corrected chi connectivity index (χ4v) is 4.23. The van der Waals surface area contributed by atoms with Crippen molar-refractivity contribution in [1.82, 2.24) is 9.97 Å². The molecule has 0 saturated heterocycles. The maximum absolute atomic E-state index is 13.3. The number of sulfonamides is 1. The minimum atomic E-state index is -3.42. The van der Waals surface area contributed by atoms with Crippen LogP contribution in [0.1, 0.15) is 10.4 Å². The summed E-state index contributed by atoms with van der Waals surface area (Å²) >= 11 is 0. The molecule has 0 bridgehead atoms. The van der Waals surface area contributed by atoms with E-state index in [1.165, 1.54) is 30.3 Å². The van der Waals surface area contributed by atoms with Gasteiger partial charge in [-0.3, -0.25) is 4.72 Å². The number of pyridine rings is 1. The molecule has 3 aromatic carbocycles. The molecule has 0 spiro atoms. The molecule has 0 amide bonds. The number of carboxylic acids is 1. The van der Waals surface area contributed by atoms with E-state index < -0.39 is 21.8 Å². The van der Waals surface area contributed by atoms with Crippen LogP contribution < -0.4 is 4.72 Å². The molecule has 5 aromatic rings. The third kappa shape index (κ3) is 4.06. The van der Waals surface area contributed by atoms with Gasteiger partial charge in [-0.2, -0.15) is 0 Å². The van der Waals surface area contributed by atoms with Gasteiger partial charge in [0, 0.05) is 16.8 Å². The van der Waals surface area contributed by atoms with Crippen molar-refractivity contribution >= 4 is 43.7 Å². The number of hydrogen-bond acceptors (Lipinski definition) is 6. The van der Waals surface area contributed by atoms with Crippen molar-refractivity contribution in [3.63, 3.8) is 0 Å². The van der Waals surface area contributed by atoms with Gasteiger partial charge in [-0.05, 0) is 54.6 Å². The second kappa shape index (κ2) is 7.92. The van der Waals surface area contributed by atoms with Gasteiger partial charge in [-0.1, -0.05) is 12.1 Å². The number of anilines is 1. The zero-order valence-corrected chi connectivity index (χ0v) is 18.4. The number of carbonyl (C=O) groups is 1. The van der Waals surface area contributed by atoms with E-state index in [2.05, 4.69) is 14.7 Å². The molecule has 34 heavy (non-hydrogen) atoms. The van der Waals surface area contributed by atoms with Crippen molar-refractivity contribution in [2.24, 2.45) is 0 Å². The van der Waals surface area contributed by atoms with Gasteiger partial charge in [-0.15, -0.1) is 0 Å². The summed E-state index contributed by atoms with van der Waals surface area (Å²) < 4.78 is 44.4. The van der Waals surface area contributed by atoms with E-state index in [0.717, 1.165) is 6.26 Å². The summed E-state index contributed by atoms with van der Waals surface area (Å²) in [5.74, 6) is -1.33. The number of aromatic carboxylic acids is 1. The SMILES string of the molecule is CS(=O)(=O)Nc1ccc(-c2cc(C(=O)O)c3c(ccc4nc(-c5ccc(F)cc5)oc43)n2)cc1. The summed E-state index contributed by atoms with van der Waals surface area (Å²) in [4.78, 5) is 21.2. The summed E-state index contributed by atoms with van der Waals surface area (Å²) in [5.41, 5.74) is 3.01. The molecule has 170 valence electrons. The van der Waals surface area contributed by atoms with Crippen molar-refractivity contribution in [1.29, 1.82) is 0 Å². The molecule has 0 fully saturated rings. The van der Waals surface area contributed by atoms with Crippen molar-refractivity contribution in [3.05, 3.63) is 78.1 Å². The number of nitrogens with one attached hydrogen (secondary N) is 1. The molecule has 0 aliphatic carbocycles. The zero-order chi connectivity index (χ0) is 24.0. The van der Waals surface area contributed by atoms with Crippen LogP contribution in [0.4, 0.5) is 10.1 Å². The Kier molecular flexibility index (Phi) is 5.02. The molecule has 0 atom stereocenters. The average molecular weight is 477 g/mol. The predicted molar refractivity (Wildman–Crippen MR) is 126 cm³/mol. The number of aromatic nitrogens is 2. The Morgan fingerprint density at radius 2 is 1.59 bits per heavy atom. The Labute approximate surface area is 192 Å². The fourth-order valence-electron chi connectivity index (χ4n) is 3.66. The summed E-state index contributed by atoms with van der Waals surface area (Å²) in [6.45, 7) is 0. The van der Waals surface area contributed by atoms with Crippen molar-refractivity contribution in [2.45, 2.75) is 0 Å². The fraction of sp³-hybridized carbons (Fsp3) is 0.0417. The quantitative estimate of drug-likeness (QED) is 0.368. The van der Waals surface area contributed by atoms with Crippen LogP contribution in [0.15, 0.2) is 71.1 Å². The second-order valence-electron chi connectivity index (χ2n) is 7.65. The molecule has 5 rings (SSSR count). The Morgan fingerprint density at radius 3 is 2.24 bits per heavy atom. The number of rotatable bonds is 5. The number of benzene rings is 3. The van der Waals surface area contributed by atoms with E-state index in [0.29, 0.717) is 38.9 Å². The molecule has 8 nitrogen and oxygen atoms in total. The maximum Gasteiger partial charge on any atom is 0.336 e. The lowest BCUT2D eigenvalue weighted by atomic mass is 10.0. The van der Waals surface area contributed by atoms with E-state index in [1.807, 2.05) is 0 Å². The predicted octanol–water partition coefficient (Wildman–Crippen LogP) is 4.92.